The van der Waals surface area contributed by atoms with Crippen molar-refractivity contribution in [2.45, 2.75) is 18.9 Å². The SMILES string of the molecule is COC(=O)c1ccc(Cn2nnnc2C2C=CC=CC2)cc1. The molecule has 1 unspecified atom stereocenters. The lowest BCUT2D eigenvalue weighted by Crippen LogP contribution is -2.11. The van der Waals surface area contributed by atoms with Crippen molar-refractivity contribution in [3.05, 3.63) is 65.5 Å². The van der Waals surface area contributed by atoms with Gasteiger partial charge in [0.15, 0.2) is 5.82 Å². The Labute approximate surface area is 128 Å². The second kappa shape index (κ2) is 6.34. The number of methoxy groups -OCH3 is 1. The van der Waals surface area contributed by atoms with E-state index in [1.54, 1.807) is 16.8 Å². The van der Waals surface area contributed by atoms with E-state index in [-0.39, 0.29) is 11.9 Å². The Morgan fingerprint density at radius 2 is 2.14 bits per heavy atom. The highest BCUT2D eigenvalue weighted by atomic mass is 16.5. The van der Waals surface area contributed by atoms with Gasteiger partial charge in [-0.2, -0.15) is 0 Å². The second-order valence-corrected chi connectivity index (χ2v) is 5.04. The third-order valence-corrected chi connectivity index (χ3v) is 3.58. The largest absolute Gasteiger partial charge is 0.465 e. The molecule has 6 heteroatoms. The molecule has 3 rings (SSSR count). The van der Waals surface area contributed by atoms with E-state index in [9.17, 15) is 4.79 Å². The van der Waals surface area contributed by atoms with E-state index in [1.807, 2.05) is 24.3 Å². The van der Waals surface area contributed by atoms with Gasteiger partial charge in [-0.05, 0) is 34.5 Å². The molecule has 1 aliphatic rings. The van der Waals surface area contributed by atoms with Crippen LogP contribution in [-0.2, 0) is 11.3 Å². The molecule has 1 aromatic heterocycles. The lowest BCUT2D eigenvalue weighted by Gasteiger charge is -2.12. The van der Waals surface area contributed by atoms with E-state index in [2.05, 4.69) is 32.4 Å². The van der Waals surface area contributed by atoms with Gasteiger partial charge in [-0.3, -0.25) is 0 Å². The molecule has 0 N–H and O–H groups in total. The molecule has 0 saturated carbocycles. The maximum absolute atomic E-state index is 11.4. The molecular weight excluding hydrogens is 280 g/mol. The summed E-state index contributed by atoms with van der Waals surface area (Å²) in [6, 6.07) is 7.26. The Hall–Kier alpha value is -2.76. The monoisotopic (exact) mass is 296 g/mol. The smallest absolute Gasteiger partial charge is 0.337 e. The Morgan fingerprint density at radius 3 is 2.82 bits per heavy atom. The number of carbonyl (C=O) groups is 1. The van der Waals surface area contributed by atoms with Crippen molar-refractivity contribution in [3.63, 3.8) is 0 Å². The Balaban J connectivity index is 1.76. The third-order valence-electron chi connectivity index (χ3n) is 3.58. The molecule has 2 aromatic rings. The van der Waals surface area contributed by atoms with Crippen LogP contribution in [0.1, 0.15) is 34.1 Å². The van der Waals surface area contributed by atoms with Crippen LogP contribution in [-0.4, -0.2) is 33.3 Å². The number of benzene rings is 1. The molecule has 0 saturated heterocycles. The molecule has 1 atom stereocenters. The van der Waals surface area contributed by atoms with Crippen LogP contribution in [0.25, 0.3) is 0 Å². The number of esters is 1. The van der Waals surface area contributed by atoms with E-state index < -0.39 is 0 Å². The standard InChI is InChI=1S/C16H16N4O2/c1-22-16(21)14-9-7-12(8-10-14)11-20-15(17-18-19-20)13-5-3-2-4-6-13/h2-5,7-10,13H,6,11H2,1H3. The summed E-state index contributed by atoms with van der Waals surface area (Å²) in [5.41, 5.74) is 1.56. The number of nitrogens with zero attached hydrogens (tertiary/aromatic N) is 4. The van der Waals surface area contributed by atoms with Crippen LogP contribution in [0.3, 0.4) is 0 Å². The topological polar surface area (TPSA) is 69.9 Å². The molecule has 1 aliphatic carbocycles. The molecule has 0 amide bonds. The van der Waals surface area contributed by atoms with Crippen molar-refractivity contribution >= 4 is 5.97 Å². The molecular formula is C16H16N4O2. The van der Waals surface area contributed by atoms with Crippen LogP contribution in [0.5, 0.6) is 0 Å². The molecule has 112 valence electrons. The van der Waals surface area contributed by atoms with Crippen LogP contribution in [0, 0.1) is 0 Å². The number of allylic oxidation sites excluding steroid dienone is 4. The van der Waals surface area contributed by atoms with E-state index in [1.165, 1.54) is 7.11 Å². The average Bonchev–Trinajstić information content (AvgIpc) is 3.04. The Morgan fingerprint density at radius 1 is 1.32 bits per heavy atom. The van der Waals surface area contributed by atoms with Crippen LogP contribution >= 0.6 is 0 Å². The quantitative estimate of drug-likeness (QED) is 0.808. The summed E-state index contributed by atoms with van der Waals surface area (Å²) >= 11 is 0. The molecule has 0 bridgehead atoms. The fraction of sp³-hybridized carbons (Fsp3) is 0.250. The molecule has 0 spiro atoms. The first-order valence-electron chi connectivity index (χ1n) is 7.04. The van der Waals surface area contributed by atoms with Crippen LogP contribution < -0.4 is 0 Å². The maximum Gasteiger partial charge on any atom is 0.337 e. The highest BCUT2D eigenvalue weighted by Crippen LogP contribution is 2.22. The summed E-state index contributed by atoms with van der Waals surface area (Å²) in [5, 5.41) is 12.0. The van der Waals surface area contributed by atoms with Gasteiger partial charge in [-0.25, -0.2) is 9.48 Å². The molecule has 0 fully saturated rings. The van der Waals surface area contributed by atoms with Gasteiger partial charge in [-0.15, -0.1) is 5.10 Å². The van der Waals surface area contributed by atoms with Crippen molar-refractivity contribution in [1.82, 2.24) is 20.2 Å². The minimum atomic E-state index is -0.339. The number of hydrogen-bond donors (Lipinski definition) is 0. The van der Waals surface area contributed by atoms with Crippen LogP contribution in [0.2, 0.25) is 0 Å². The van der Waals surface area contributed by atoms with Crippen molar-refractivity contribution in [2.75, 3.05) is 7.11 Å². The summed E-state index contributed by atoms with van der Waals surface area (Å²) in [4.78, 5) is 11.4. The van der Waals surface area contributed by atoms with Gasteiger partial charge in [0.25, 0.3) is 0 Å². The summed E-state index contributed by atoms with van der Waals surface area (Å²) in [6.07, 6.45) is 9.14. The zero-order valence-corrected chi connectivity index (χ0v) is 12.2. The number of ether oxygens (including phenoxy) is 1. The fourth-order valence-corrected chi connectivity index (χ4v) is 2.40. The van der Waals surface area contributed by atoms with Crippen molar-refractivity contribution in [2.24, 2.45) is 0 Å². The van der Waals surface area contributed by atoms with Gasteiger partial charge >= 0.3 is 5.97 Å². The minimum absolute atomic E-state index is 0.203. The first-order chi connectivity index (χ1) is 10.8. The van der Waals surface area contributed by atoms with E-state index >= 15 is 0 Å². The average molecular weight is 296 g/mol. The normalized spacial score (nSPS) is 16.7. The van der Waals surface area contributed by atoms with Gasteiger partial charge in [0.1, 0.15) is 0 Å². The number of rotatable bonds is 4. The number of tetrazole rings is 1. The predicted octanol–water partition coefficient (Wildman–Crippen LogP) is 2.11. The molecule has 1 aromatic carbocycles. The van der Waals surface area contributed by atoms with Crippen LogP contribution in [0.15, 0.2) is 48.6 Å². The molecule has 0 radical (unpaired) electrons. The van der Waals surface area contributed by atoms with Crippen molar-refractivity contribution in [1.29, 1.82) is 0 Å². The lowest BCUT2D eigenvalue weighted by molar-refractivity contribution is 0.0600. The van der Waals surface area contributed by atoms with Gasteiger partial charge < -0.3 is 4.74 Å². The zero-order valence-electron chi connectivity index (χ0n) is 12.2. The van der Waals surface area contributed by atoms with Crippen molar-refractivity contribution in [3.8, 4) is 0 Å². The first-order valence-corrected chi connectivity index (χ1v) is 7.04. The Bertz CT molecular complexity index is 716. The zero-order chi connectivity index (χ0) is 15.4. The highest BCUT2D eigenvalue weighted by Gasteiger charge is 2.17. The van der Waals surface area contributed by atoms with Gasteiger partial charge in [0, 0.05) is 5.92 Å². The van der Waals surface area contributed by atoms with E-state index in [0.717, 1.165) is 17.8 Å². The maximum atomic E-state index is 11.4. The molecule has 22 heavy (non-hydrogen) atoms. The predicted molar refractivity (Wildman–Crippen MR) is 80.3 cm³/mol. The van der Waals surface area contributed by atoms with Crippen LogP contribution in [0.4, 0.5) is 0 Å². The summed E-state index contributed by atoms with van der Waals surface area (Å²) in [6.45, 7) is 0.567. The minimum Gasteiger partial charge on any atom is -0.465 e. The highest BCUT2D eigenvalue weighted by molar-refractivity contribution is 5.89. The number of aromatic nitrogens is 4. The summed E-state index contributed by atoms with van der Waals surface area (Å²) < 4.78 is 6.48. The Kier molecular flexibility index (Phi) is 4.09. The van der Waals surface area contributed by atoms with E-state index in [4.69, 9.17) is 0 Å². The van der Waals surface area contributed by atoms with Gasteiger partial charge in [0.05, 0.1) is 19.2 Å². The second-order valence-electron chi connectivity index (χ2n) is 5.04. The number of carbonyl (C=O) groups excluding carboxylic acids is 1. The fourth-order valence-electron chi connectivity index (χ4n) is 2.40. The first kappa shape index (κ1) is 14.2. The lowest BCUT2D eigenvalue weighted by atomic mass is 10.00. The van der Waals surface area contributed by atoms with Gasteiger partial charge in [0.2, 0.25) is 0 Å². The molecule has 0 aliphatic heterocycles. The molecule has 6 nitrogen and oxygen atoms in total. The molecule has 1 heterocycles. The van der Waals surface area contributed by atoms with Crippen molar-refractivity contribution < 1.29 is 9.53 Å². The third kappa shape index (κ3) is 2.95. The number of hydrogen-bond acceptors (Lipinski definition) is 5. The van der Waals surface area contributed by atoms with Gasteiger partial charge in [-0.1, -0.05) is 36.4 Å². The van der Waals surface area contributed by atoms with E-state index in [0.29, 0.717) is 12.1 Å². The summed E-state index contributed by atoms with van der Waals surface area (Å²) in [5.74, 6) is 0.709. The summed E-state index contributed by atoms with van der Waals surface area (Å²) in [7, 11) is 1.37.